The number of nitrogens with one attached hydrogen (secondary N) is 1. The highest BCUT2D eigenvalue weighted by atomic mass is 35.5. The van der Waals surface area contributed by atoms with Gasteiger partial charge in [-0.15, -0.1) is 0 Å². The van der Waals surface area contributed by atoms with Crippen LogP contribution in [0.15, 0.2) is 76.7 Å². The molecule has 0 bridgehead atoms. The van der Waals surface area contributed by atoms with Crippen molar-refractivity contribution in [1.82, 2.24) is 9.40 Å². The number of sulfonamides is 1. The number of aromatic nitrogens is 1. The lowest BCUT2D eigenvalue weighted by Crippen LogP contribution is -2.18. The molecule has 0 saturated heterocycles. The molecule has 7 heteroatoms. The van der Waals surface area contributed by atoms with Crippen molar-refractivity contribution in [3.63, 3.8) is 0 Å². The largest absolute Gasteiger partial charge is 0.344 e. The molecule has 0 aliphatic rings. The van der Waals surface area contributed by atoms with Gasteiger partial charge in [-0.3, -0.25) is 0 Å². The summed E-state index contributed by atoms with van der Waals surface area (Å²) in [4.78, 5) is 2.33. The van der Waals surface area contributed by atoms with Crippen LogP contribution in [0.1, 0.15) is 5.56 Å². The molecule has 3 aromatic carbocycles. The first-order chi connectivity index (χ1) is 13.0. The van der Waals surface area contributed by atoms with E-state index in [-0.39, 0.29) is 4.90 Å². The molecule has 0 amide bonds. The molecule has 27 heavy (non-hydrogen) atoms. The number of hydrogen-bond acceptors (Lipinski definition) is 3. The van der Waals surface area contributed by atoms with E-state index in [0.29, 0.717) is 5.02 Å². The molecule has 0 aliphatic carbocycles. The molecule has 0 spiro atoms. The van der Waals surface area contributed by atoms with Gasteiger partial charge in [0.15, 0.2) is 0 Å². The third kappa shape index (κ3) is 3.29. The Balaban J connectivity index is 1.63. The lowest BCUT2D eigenvalue weighted by Gasteiger charge is -2.03. The molecule has 0 unspecified atom stereocenters. The summed E-state index contributed by atoms with van der Waals surface area (Å²) in [5, 5.41) is 6.62. The number of rotatable bonds is 4. The van der Waals surface area contributed by atoms with E-state index in [0.717, 1.165) is 27.4 Å². The fourth-order valence-electron chi connectivity index (χ4n) is 3.10. The highest BCUT2D eigenvalue weighted by molar-refractivity contribution is 7.89. The monoisotopic (exact) mass is 397 g/mol. The Bertz CT molecular complexity index is 1280. The van der Waals surface area contributed by atoms with E-state index in [9.17, 15) is 8.42 Å². The molecule has 4 rings (SSSR count). The predicted octanol–water partition coefficient (Wildman–Crippen LogP) is 4.30. The minimum Gasteiger partial charge on any atom is -0.344 e. The van der Waals surface area contributed by atoms with Crippen molar-refractivity contribution in [2.75, 3.05) is 0 Å². The predicted molar refractivity (Wildman–Crippen MR) is 110 cm³/mol. The molecule has 5 nitrogen and oxygen atoms in total. The highest BCUT2D eigenvalue weighted by Crippen LogP contribution is 2.28. The van der Waals surface area contributed by atoms with Crippen molar-refractivity contribution in [2.24, 2.45) is 12.1 Å². The van der Waals surface area contributed by atoms with Crippen LogP contribution in [0.3, 0.4) is 0 Å². The zero-order chi connectivity index (χ0) is 19.0. The van der Waals surface area contributed by atoms with E-state index in [1.807, 2.05) is 37.4 Å². The maximum absolute atomic E-state index is 12.3. The second-order valence-electron chi connectivity index (χ2n) is 6.16. The minimum atomic E-state index is -3.73. The Morgan fingerprint density at radius 2 is 1.67 bits per heavy atom. The molecule has 0 radical (unpaired) electrons. The van der Waals surface area contributed by atoms with Crippen LogP contribution in [0.4, 0.5) is 0 Å². The van der Waals surface area contributed by atoms with Crippen molar-refractivity contribution in [1.29, 1.82) is 0 Å². The summed E-state index contributed by atoms with van der Waals surface area (Å²) in [7, 11) is -1.70. The van der Waals surface area contributed by atoms with Gasteiger partial charge in [-0.05, 0) is 48.0 Å². The topological polar surface area (TPSA) is 63.5 Å². The lowest BCUT2D eigenvalue weighted by atomic mass is 10.1. The van der Waals surface area contributed by atoms with Crippen molar-refractivity contribution in [3.8, 4) is 0 Å². The number of fused-ring (bicyclic) bond motifs is 3. The molecular weight excluding hydrogens is 382 g/mol. The van der Waals surface area contributed by atoms with Gasteiger partial charge in [0.1, 0.15) is 0 Å². The number of aryl methyl sites for hydroxylation is 1. The van der Waals surface area contributed by atoms with Crippen LogP contribution in [0.2, 0.25) is 5.02 Å². The first kappa shape index (κ1) is 17.6. The van der Waals surface area contributed by atoms with Gasteiger partial charge in [-0.1, -0.05) is 35.9 Å². The maximum Gasteiger partial charge on any atom is 0.276 e. The Morgan fingerprint density at radius 3 is 2.44 bits per heavy atom. The van der Waals surface area contributed by atoms with E-state index in [2.05, 4.69) is 26.6 Å². The van der Waals surface area contributed by atoms with E-state index in [1.165, 1.54) is 30.5 Å². The average Bonchev–Trinajstić information content (AvgIpc) is 2.95. The molecule has 0 aliphatic heterocycles. The molecule has 4 aromatic rings. The number of hydrazone groups is 1. The number of benzene rings is 3. The Labute approximate surface area is 161 Å². The summed E-state index contributed by atoms with van der Waals surface area (Å²) in [6.45, 7) is 0. The summed E-state index contributed by atoms with van der Waals surface area (Å²) in [6.07, 6.45) is 1.49. The van der Waals surface area contributed by atoms with Gasteiger partial charge >= 0.3 is 0 Å². The summed E-state index contributed by atoms with van der Waals surface area (Å²) in [5.74, 6) is 0. The molecule has 1 aromatic heterocycles. The minimum absolute atomic E-state index is 0.105. The van der Waals surface area contributed by atoms with Gasteiger partial charge in [0.25, 0.3) is 10.0 Å². The lowest BCUT2D eigenvalue weighted by molar-refractivity contribution is 0.584. The molecule has 1 N–H and O–H groups in total. The van der Waals surface area contributed by atoms with Crippen LogP contribution in [0.5, 0.6) is 0 Å². The Kier molecular flexibility index (Phi) is 4.37. The van der Waals surface area contributed by atoms with Gasteiger partial charge in [-0.2, -0.15) is 13.5 Å². The third-order valence-corrected chi connectivity index (χ3v) is 5.94. The summed E-state index contributed by atoms with van der Waals surface area (Å²) < 4.78 is 26.6. The second-order valence-corrected chi connectivity index (χ2v) is 8.26. The van der Waals surface area contributed by atoms with E-state index in [1.54, 1.807) is 0 Å². The fourth-order valence-corrected chi connectivity index (χ4v) is 4.02. The van der Waals surface area contributed by atoms with Gasteiger partial charge in [0.05, 0.1) is 11.1 Å². The van der Waals surface area contributed by atoms with Gasteiger partial charge in [-0.25, -0.2) is 4.83 Å². The van der Waals surface area contributed by atoms with Gasteiger partial charge < -0.3 is 4.57 Å². The molecule has 0 fully saturated rings. The van der Waals surface area contributed by atoms with E-state index >= 15 is 0 Å². The Hall–Kier alpha value is -2.83. The van der Waals surface area contributed by atoms with Crippen molar-refractivity contribution in [2.45, 2.75) is 4.90 Å². The zero-order valence-electron chi connectivity index (χ0n) is 14.4. The second kappa shape index (κ2) is 6.72. The van der Waals surface area contributed by atoms with Gasteiger partial charge in [0.2, 0.25) is 0 Å². The molecule has 0 saturated carbocycles. The van der Waals surface area contributed by atoms with Crippen molar-refractivity contribution in [3.05, 3.63) is 77.3 Å². The van der Waals surface area contributed by atoms with Crippen LogP contribution in [-0.2, 0) is 17.1 Å². The first-order valence-electron chi connectivity index (χ1n) is 8.23. The SMILES string of the molecule is Cn1c2ccccc2c2cc(/C=N/NS(=O)(=O)c3ccc(Cl)cc3)ccc21. The summed E-state index contributed by atoms with van der Waals surface area (Å²) in [6, 6.07) is 20.0. The van der Waals surface area contributed by atoms with Crippen LogP contribution in [-0.4, -0.2) is 19.2 Å². The van der Waals surface area contributed by atoms with Crippen LogP contribution in [0, 0.1) is 0 Å². The van der Waals surface area contributed by atoms with E-state index < -0.39 is 10.0 Å². The first-order valence-corrected chi connectivity index (χ1v) is 10.1. The normalized spacial score (nSPS) is 12.2. The molecular formula is C20H16ClN3O2S. The van der Waals surface area contributed by atoms with Gasteiger partial charge in [0, 0.05) is 33.9 Å². The number of halogens is 1. The molecule has 1 heterocycles. The number of para-hydroxylation sites is 1. The smallest absolute Gasteiger partial charge is 0.276 e. The Morgan fingerprint density at radius 1 is 0.963 bits per heavy atom. The van der Waals surface area contributed by atoms with Crippen molar-refractivity contribution < 1.29 is 8.42 Å². The molecule has 0 atom stereocenters. The van der Waals surface area contributed by atoms with E-state index in [4.69, 9.17) is 11.6 Å². The standard InChI is InChI=1S/C20H16ClN3O2S/c1-24-19-5-3-2-4-17(19)18-12-14(6-11-20(18)24)13-22-23-27(25,26)16-9-7-15(21)8-10-16/h2-13,23H,1H3/b22-13+. The third-order valence-electron chi connectivity index (χ3n) is 4.45. The average molecular weight is 398 g/mol. The summed E-state index contributed by atoms with van der Waals surface area (Å²) >= 11 is 5.79. The quantitative estimate of drug-likeness (QED) is 0.412. The van der Waals surface area contributed by atoms with Crippen LogP contribution in [0.25, 0.3) is 21.8 Å². The number of hydrogen-bond donors (Lipinski definition) is 1. The van der Waals surface area contributed by atoms with Crippen molar-refractivity contribution >= 4 is 49.6 Å². The number of nitrogens with zero attached hydrogens (tertiary/aromatic N) is 2. The maximum atomic E-state index is 12.3. The molecule has 136 valence electrons. The van der Waals surface area contributed by atoms with Crippen LogP contribution < -0.4 is 4.83 Å². The zero-order valence-corrected chi connectivity index (χ0v) is 16.0. The van der Waals surface area contributed by atoms with Crippen LogP contribution >= 0.6 is 11.6 Å². The highest BCUT2D eigenvalue weighted by Gasteiger charge is 2.12. The fraction of sp³-hybridized carbons (Fsp3) is 0.0500. The summed E-state index contributed by atoms with van der Waals surface area (Å²) in [5.41, 5.74) is 3.05.